The third-order valence-corrected chi connectivity index (χ3v) is 4.69. The first-order chi connectivity index (χ1) is 13.9. The fourth-order valence-corrected chi connectivity index (χ4v) is 3.04. The van der Waals surface area contributed by atoms with Gasteiger partial charge in [-0.2, -0.15) is 5.10 Å². The average molecular weight is 389 g/mol. The predicted octanol–water partition coefficient (Wildman–Crippen LogP) is 4.01. The van der Waals surface area contributed by atoms with Crippen molar-refractivity contribution in [2.75, 3.05) is 5.32 Å². The number of anilines is 1. The number of aromatic nitrogens is 2. The lowest BCUT2D eigenvalue weighted by Gasteiger charge is -2.18. The molecule has 0 saturated heterocycles. The Labute approximate surface area is 169 Å². The van der Waals surface area contributed by atoms with Crippen LogP contribution in [0.15, 0.2) is 65.5 Å². The number of ketones is 1. The highest BCUT2D eigenvalue weighted by atomic mass is 16.2. The maximum Gasteiger partial charge on any atom is 0.267 e. The van der Waals surface area contributed by atoms with Crippen molar-refractivity contribution >= 4 is 17.4 Å². The lowest BCUT2D eigenvalue weighted by Crippen LogP contribution is -2.34. The van der Waals surface area contributed by atoms with E-state index < -0.39 is 6.04 Å². The molecular weight excluding hydrogens is 366 g/mol. The second kappa shape index (κ2) is 8.65. The molecule has 0 aliphatic carbocycles. The number of nitrogens with zero attached hydrogens (tertiary/aromatic N) is 2. The minimum absolute atomic E-state index is 0.0863. The number of amides is 1. The van der Waals surface area contributed by atoms with E-state index in [9.17, 15) is 14.4 Å². The predicted molar refractivity (Wildman–Crippen MR) is 113 cm³/mol. The Morgan fingerprint density at radius 1 is 1.07 bits per heavy atom. The van der Waals surface area contributed by atoms with Crippen molar-refractivity contribution in [3.05, 3.63) is 82.1 Å². The van der Waals surface area contributed by atoms with Crippen molar-refractivity contribution in [1.82, 2.24) is 9.78 Å². The van der Waals surface area contributed by atoms with E-state index in [1.54, 1.807) is 30.3 Å². The quantitative estimate of drug-likeness (QED) is 0.646. The van der Waals surface area contributed by atoms with Crippen LogP contribution in [0.4, 0.5) is 5.69 Å². The van der Waals surface area contributed by atoms with E-state index in [1.165, 1.54) is 17.7 Å². The van der Waals surface area contributed by atoms with Crippen molar-refractivity contribution in [3.8, 4) is 11.3 Å². The van der Waals surface area contributed by atoms with Gasteiger partial charge in [0, 0.05) is 22.9 Å². The largest absolute Gasteiger partial charge is 0.324 e. The lowest BCUT2D eigenvalue weighted by molar-refractivity contribution is -0.119. The van der Waals surface area contributed by atoms with Gasteiger partial charge in [-0.3, -0.25) is 14.4 Å². The first-order valence-electron chi connectivity index (χ1n) is 9.48. The second-order valence-corrected chi connectivity index (χ2v) is 6.92. The first kappa shape index (κ1) is 20.2. The summed E-state index contributed by atoms with van der Waals surface area (Å²) >= 11 is 0. The normalized spacial score (nSPS) is 11.7. The van der Waals surface area contributed by atoms with E-state index >= 15 is 0 Å². The molecule has 6 nitrogen and oxygen atoms in total. The van der Waals surface area contributed by atoms with E-state index in [-0.39, 0.29) is 17.2 Å². The van der Waals surface area contributed by atoms with Crippen LogP contribution in [-0.4, -0.2) is 21.5 Å². The van der Waals surface area contributed by atoms with Crippen LogP contribution in [0.1, 0.15) is 42.2 Å². The Morgan fingerprint density at radius 3 is 2.45 bits per heavy atom. The number of Topliss-reactive ketones (excluding diaryl/α,β-unsaturated/α-hetero) is 1. The molecular formula is C23H23N3O3. The van der Waals surface area contributed by atoms with Gasteiger partial charge in [-0.15, -0.1) is 0 Å². The average Bonchev–Trinajstić information content (AvgIpc) is 2.71. The summed E-state index contributed by atoms with van der Waals surface area (Å²) in [7, 11) is 0. The topological polar surface area (TPSA) is 81.1 Å². The molecule has 0 aliphatic heterocycles. The molecule has 1 aromatic heterocycles. The molecule has 3 rings (SSSR count). The minimum atomic E-state index is -0.770. The molecule has 0 saturated carbocycles. The Hall–Kier alpha value is -3.54. The summed E-state index contributed by atoms with van der Waals surface area (Å²) < 4.78 is 1.22. The molecule has 2 aromatic carbocycles. The summed E-state index contributed by atoms with van der Waals surface area (Å²) in [5, 5.41) is 7.23. The number of nitrogens with one attached hydrogen (secondary N) is 1. The van der Waals surface area contributed by atoms with Crippen molar-refractivity contribution in [2.45, 2.75) is 33.2 Å². The van der Waals surface area contributed by atoms with Crippen LogP contribution in [0.5, 0.6) is 0 Å². The van der Waals surface area contributed by atoms with Gasteiger partial charge >= 0.3 is 0 Å². The van der Waals surface area contributed by atoms with Crippen molar-refractivity contribution in [3.63, 3.8) is 0 Å². The Balaban J connectivity index is 1.91. The van der Waals surface area contributed by atoms with Crippen molar-refractivity contribution < 1.29 is 9.59 Å². The monoisotopic (exact) mass is 389 g/mol. The molecule has 1 heterocycles. The number of aryl methyl sites for hydroxylation is 1. The van der Waals surface area contributed by atoms with Gasteiger partial charge in [0.15, 0.2) is 5.78 Å². The van der Waals surface area contributed by atoms with Gasteiger partial charge in [0.25, 0.3) is 5.56 Å². The van der Waals surface area contributed by atoms with Crippen LogP contribution in [0.2, 0.25) is 0 Å². The van der Waals surface area contributed by atoms with Crippen molar-refractivity contribution in [1.29, 1.82) is 0 Å². The second-order valence-electron chi connectivity index (χ2n) is 6.92. The third-order valence-electron chi connectivity index (χ3n) is 4.69. The zero-order valence-corrected chi connectivity index (χ0v) is 16.7. The van der Waals surface area contributed by atoms with Crippen LogP contribution < -0.4 is 10.9 Å². The SMILES string of the molecule is CC[C@H](C(=O)Nc1cccc(C(C)=O)c1)n1nc(-c2ccc(C)cc2)ccc1=O. The van der Waals surface area contributed by atoms with E-state index in [1.807, 2.05) is 38.1 Å². The van der Waals surface area contributed by atoms with E-state index in [4.69, 9.17) is 0 Å². The molecule has 1 N–H and O–H groups in total. The van der Waals surface area contributed by atoms with Gasteiger partial charge in [-0.25, -0.2) is 4.68 Å². The molecule has 3 aromatic rings. The van der Waals surface area contributed by atoms with E-state index in [2.05, 4.69) is 10.4 Å². The summed E-state index contributed by atoms with van der Waals surface area (Å²) in [4.78, 5) is 36.9. The molecule has 1 amide bonds. The standard InChI is InChI=1S/C23H23N3O3/c1-4-21(23(29)24-19-7-5-6-18(14-19)16(3)27)26-22(28)13-12-20(25-26)17-10-8-15(2)9-11-17/h5-14,21H,4H2,1-3H3,(H,24,29)/t21-/m1/s1. The summed E-state index contributed by atoms with van der Waals surface area (Å²) in [5.41, 5.74) is 3.28. The van der Waals surface area contributed by atoms with Crippen LogP contribution in [0, 0.1) is 6.92 Å². The molecule has 0 unspecified atom stereocenters. The molecule has 0 fully saturated rings. The van der Waals surface area contributed by atoms with E-state index in [0.29, 0.717) is 23.4 Å². The van der Waals surface area contributed by atoms with Gasteiger partial charge in [0.05, 0.1) is 5.69 Å². The zero-order chi connectivity index (χ0) is 21.0. The molecule has 0 aliphatic rings. The third kappa shape index (κ3) is 4.66. The van der Waals surface area contributed by atoms with Crippen LogP contribution in [-0.2, 0) is 4.79 Å². The zero-order valence-electron chi connectivity index (χ0n) is 16.7. The van der Waals surface area contributed by atoms with Crippen LogP contribution in [0.25, 0.3) is 11.3 Å². The number of rotatable bonds is 6. The molecule has 148 valence electrons. The molecule has 29 heavy (non-hydrogen) atoms. The number of hydrogen-bond donors (Lipinski definition) is 1. The number of hydrogen-bond acceptors (Lipinski definition) is 4. The molecule has 0 bridgehead atoms. The highest BCUT2D eigenvalue weighted by Crippen LogP contribution is 2.19. The number of carbonyl (C=O) groups excluding carboxylic acids is 2. The summed E-state index contributed by atoms with van der Waals surface area (Å²) in [6.07, 6.45) is 0.391. The minimum Gasteiger partial charge on any atom is -0.324 e. The highest BCUT2D eigenvalue weighted by molar-refractivity contribution is 5.98. The van der Waals surface area contributed by atoms with Crippen LogP contribution >= 0.6 is 0 Å². The summed E-state index contributed by atoms with van der Waals surface area (Å²) in [5.74, 6) is -0.444. The Kier molecular flexibility index (Phi) is 6.02. The molecule has 6 heteroatoms. The van der Waals surface area contributed by atoms with Gasteiger partial charge in [0.1, 0.15) is 6.04 Å². The van der Waals surface area contributed by atoms with Gasteiger partial charge in [-0.1, -0.05) is 48.9 Å². The molecule has 0 radical (unpaired) electrons. The summed E-state index contributed by atoms with van der Waals surface area (Å²) in [6.45, 7) is 5.29. The smallest absolute Gasteiger partial charge is 0.267 e. The Morgan fingerprint density at radius 2 is 1.79 bits per heavy atom. The first-order valence-corrected chi connectivity index (χ1v) is 9.48. The van der Waals surface area contributed by atoms with Gasteiger partial charge < -0.3 is 5.32 Å². The van der Waals surface area contributed by atoms with E-state index in [0.717, 1.165) is 11.1 Å². The fourth-order valence-electron chi connectivity index (χ4n) is 3.04. The number of benzene rings is 2. The maximum absolute atomic E-state index is 12.9. The van der Waals surface area contributed by atoms with Crippen molar-refractivity contribution in [2.24, 2.45) is 0 Å². The number of carbonyl (C=O) groups is 2. The molecule has 0 spiro atoms. The highest BCUT2D eigenvalue weighted by Gasteiger charge is 2.21. The fraction of sp³-hybridized carbons (Fsp3) is 0.217. The molecule has 1 atom stereocenters. The Bertz CT molecular complexity index is 1100. The van der Waals surface area contributed by atoms with Crippen LogP contribution in [0.3, 0.4) is 0 Å². The van der Waals surface area contributed by atoms with Gasteiger partial charge in [-0.05, 0) is 38.5 Å². The summed E-state index contributed by atoms with van der Waals surface area (Å²) in [6, 6.07) is 16.8. The maximum atomic E-state index is 12.9. The van der Waals surface area contributed by atoms with Gasteiger partial charge in [0.2, 0.25) is 5.91 Å². The lowest BCUT2D eigenvalue weighted by atomic mass is 10.1.